The summed E-state index contributed by atoms with van der Waals surface area (Å²) in [6.45, 7) is 0.225. The van der Waals surface area contributed by atoms with E-state index in [4.69, 9.17) is 4.74 Å². The average molecular weight is 490 g/mol. The summed E-state index contributed by atoms with van der Waals surface area (Å²) in [4.78, 5) is 2.60. The highest BCUT2D eigenvalue weighted by atomic mass is 16.5. The lowest BCUT2D eigenvalue weighted by Crippen LogP contribution is -2.57. The van der Waals surface area contributed by atoms with Crippen LogP contribution in [-0.4, -0.2) is 11.3 Å². The molecule has 0 bridgehead atoms. The van der Waals surface area contributed by atoms with E-state index in [1.54, 1.807) is 0 Å². The van der Waals surface area contributed by atoms with E-state index in [0.29, 0.717) is 0 Å². The molecular formula is C34H27BN2O. The first kappa shape index (κ1) is 20.1. The molecule has 0 amide bonds. The first-order valence-corrected chi connectivity index (χ1v) is 14.4. The van der Waals surface area contributed by atoms with Crippen LogP contribution in [-0.2, 0) is 25.7 Å². The average Bonchev–Trinajstić information content (AvgIpc) is 3.49. The van der Waals surface area contributed by atoms with Gasteiger partial charge in [-0.15, -0.1) is 0 Å². The van der Waals surface area contributed by atoms with E-state index in [1.165, 1.54) is 111 Å². The Morgan fingerprint density at radius 3 is 2.47 bits per heavy atom. The molecule has 5 aromatic rings. The quantitative estimate of drug-likeness (QED) is 0.259. The van der Waals surface area contributed by atoms with E-state index in [0.717, 1.165) is 24.3 Å². The third kappa shape index (κ3) is 2.30. The van der Waals surface area contributed by atoms with Gasteiger partial charge in [0, 0.05) is 28.0 Å². The Hall–Kier alpha value is -3.92. The van der Waals surface area contributed by atoms with Gasteiger partial charge in [-0.3, -0.25) is 0 Å². The summed E-state index contributed by atoms with van der Waals surface area (Å²) < 4.78 is 9.47. The van der Waals surface area contributed by atoms with Gasteiger partial charge >= 0.3 is 0 Å². The van der Waals surface area contributed by atoms with Crippen LogP contribution in [0, 0.1) is 0 Å². The van der Waals surface area contributed by atoms with Crippen molar-refractivity contribution >= 4 is 51.2 Å². The van der Waals surface area contributed by atoms with Crippen molar-refractivity contribution in [2.75, 3.05) is 4.90 Å². The lowest BCUT2D eigenvalue weighted by molar-refractivity contribution is 0.475. The predicted molar refractivity (Wildman–Crippen MR) is 156 cm³/mol. The van der Waals surface area contributed by atoms with Crippen molar-refractivity contribution in [3.63, 3.8) is 0 Å². The van der Waals surface area contributed by atoms with Crippen molar-refractivity contribution in [2.24, 2.45) is 0 Å². The molecule has 5 aliphatic rings. The number of nitrogens with zero attached hydrogens (tertiary/aromatic N) is 2. The van der Waals surface area contributed by atoms with E-state index in [1.807, 2.05) is 0 Å². The van der Waals surface area contributed by atoms with Crippen LogP contribution in [0.2, 0.25) is 0 Å². The second kappa shape index (κ2) is 6.93. The highest BCUT2D eigenvalue weighted by molar-refractivity contribution is 7.01. The monoisotopic (exact) mass is 490 g/mol. The highest BCUT2D eigenvalue weighted by Crippen LogP contribution is 2.49. The van der Waals surface area contributed by atoms with Gasteiger partial charge < -0.3 is 14.2 Å². The molecule has 0 saturated carbocycles. The van der Waals surface area contributed by atoms with Crippen molar-refractivity contribution in [1.82, 2.24) is 4.57 Å². The third-order valence-corrected chi connectivity index (χ3v) is 9.90. The number of rotatable bonds is 1. The molecule has 4 heteroatoms. The number of anilines is 3. The predicted octanol–water partition coefficient (Wildman–Crippen LogP) is 6.11. The topological polar surface area (TPSA) is 17.4 Å². The van der Waals surface area contributed by atoms with Crippen LogP contribution in [0.3, 0.4) is 0 Å². The molecule has 4 heterocycles. The van der Waals surface area contributed by atoms with Crippen molar-refractivity contribution in [1.29, 1.82) is 0 Å². The first-order valence-electron chi connectivity index (χ1n) is 14.4. The van der Waals surface area contributed by atoms with E-state index in [2.05, 4.69) is 76.2 Å². The Balaban J connectivity index is 1.37. The zero-order valence-corrected chi connectivity index (χ0v) is 21.4. The maximum Gasteiger partial charge on any atom is 0.280 e. The molecule has 3 aliphatic heterocycles. The molecule has 182 valence electrons. The van der Waals surface area contributed by atoms with Gasteiger partial charge in [-0.2, -0.15) is 0 Å². The third-order valence-electron chi connectivity index (χ3n) is 9.90. The zero-order valence-electron chi connectivity index (χ0n) is 21.4. The van der Waals surface area contributed by atoms with Crippen LogP contribution >= 0.6 is 0 Å². The van der Waals surface area contributed by atoms with Crippen LogP contribution in [0.5, 0.6) is 11.5 Å². The summed E-state index contributed by atoms with van der Waals surface area (Å²) in [5, 5.41) is 1.34. The molecular weight excluding hydrogens is 463 g/mol. The molecule has 38 heavy (non-hydrogen) atoms. The Morgan fingerprint density at radius 1 is 0.684 bits per heavy atom. The van der Waals surface area contributed by atoms with Gasteiger partial charge in [0.25, 0.3) is 6.71 Å². The molecule has 0 unspecified atom stereocenters. The van der Waals surface area contributed by atoms with Crippen LogP contribution in [0.4, 0.5) is 17.1 Å². The molecule has 0 atom stereocenters. The van der Waals surface area contributed by atoms with E-state index >= 15 is 0 Å². The van der Waals surface area contributed by atoms with Crippen LogP contribution in [0.15, 0.2) is 66.7 Å². The van der Waals surface area contributed by atoms with Gasteiger partial charge in [0.15, 0.2) is 0 Å². The van der Waals surface area contributed by atoms with Gasteiger partial charge in [-0.25, -0.2) is 0 Å². The Labute approximate surface area is 222 Å². The minimum Gasteiger partial charge on any atom is -0.458 e. The molecule has 0 fully saturated rings. The van der Waals surface area contributed by atoms with Gasteiger partial charge in [0.05, 0.1) is 11.2 Å². The second-order valence-corrected chi connectivity index (χ2v) is 11.8. The normalized spacial score (nSPS) is 17.3. The number of aromatic nitrogens is 1. The minimum atomic E-state index is 0.225. The summed E-state index contributed by atoms with van der Waals surface area (Å²) in [5.74, 6) is 2.20. The number of benzene rings is 4. The van der Waals surface area contributed by atoms with Crippen LogP contribution in [0.25, 0.3) is 16.6 Å². The van der Waals surface area contributed by atoms with Gasteiger partial charge in [0.2, 0.25) is 0 Å². The molecule has 1 aromatic heterocycles. The second-order valence-electron chi connectivity index (χ2n) is 11.8. The molecule has 0 saturated heterocycles. The Bertz CT molecular complexity index is 1880. The zero-order chi connectivity index (χ0) is 24.5. The van der Waals surface area contributed by atoms with Crippen LogP contribution < -0.4 is 26.2 Å². The number of fused-ring (bicyclic) bond motifs is 7. The molecule has 4 aromatic carbocycles. The Morgan fingerprint density at radius 2 is 1.53 bits per heavy atom. The number of hydrogen-bond acceptors (Lipinski definition) is 2. The maximum atomic E-state index is 6.92. The largest absolute Gasteiger partial charge is 0.458 e. The fraction of sp³-hybridized carbons (Fsp3) is 0.235. The van der Waals surface area contributed by atoms with Crippen molar-refractivity contribution in [3.8, 4) is 17.2 Å². The molecule has 10 rings (SSSR count). The van der Waals surface area contributed by atoms with E-state index in [9.17, 15) is 0 Å². The molecule has 0 N–H and O–H groups in total. The minimum absolute atomic E-state index is 0.225. The lowest BCUT2D eigenvalue weighted by Gasteiger charge is -2.39. The summed E-state index contributed by atoms with van der Waals surface area (Å²) >= 11 is 0. The van der Waals surface area contributed by atoms with Crippen molar-refractivity contribution in [2.45, 2.75) is 51.4 Å². The number of hydrogen-bond donors (Lipinski definition) is 0. The summed E-state index contributed by atoms with van der Waals surface area (Å²) in [6, 6.07) is 25.5. The first-order chi connectivity index (χ1) is 18.9. The summed E-state index contributed by atoms with van der Waals surface area (Å²) in [5.41, 5.74) is 16.7. The summed E-state index contributed by atoms with van der Waals surface area (Å²) in [7, 11) is 0. The number of ether oxygens (including phenoxy) is 1. The van der Waals surface area contributed by atoms with Gasteiger partial charge in [-0.1, -0.05) is 30.3 Å². The fourth-order valence-electron chi connectivity index (χ4n) is 8.33. The van der Waals surface area contributed by atoms with E-state index < -0.39 is 0 Å². The molecule has 0 radical (unpaired) electrons. The summed E-state index contributed by atoms with van der Waals surface area (Å²) in [6.07, 6.45) is 9.78. The number of para-hydroxylation sites is 1. The SMILES string of the molecule is c1cc2c3c(c1)-n1c4c(c5ccccc51)N(c1ccc5c(c1)CCCC5)c1cc5c(c(c1B34)O2)CCCC5. The van der Waals surface area contributed by atoms with E-state index in [-0.39, 0.29) is 6.71 Å². The van der Waals surface area contributed by atoms with Gasteiger partial charge in [-0.05, 0) is 121 Å². The molecule has 0 spiro atoms. The lowest BCUT2D eigenvalue weighted by atomic mass is 9.36. The highest BCUT2D eigenvalue weighted by Gasteiger charge is 2.51. The van der Waals surface area contributed by atoms with Crippen LogP contribution in [0.1, 0.15) is 47.9 Å². The van der Waals surface area contributed by atoms with Crippen molar-refractivity contribution < 1.29 is 4.74 Å². The van der Waals surface area contributed by atoms with Gasteiger partial charge in [0.1, 0.15) is 11.5 Å². The molecule has 3 nitrogen and oxygen atoms in total. The van der Waals surface area contributed by atoms with Crippen molar-refractivity contribution in [3.05, 3.63) is 89.0 Å². The Kier molecular flexibility index (Phi) is 3.67. The smallest absolute Gasteiger partial charge is 0.280 e. The number of aryl methyl sites for hydroxylation is 3. The molecule has 2 aliphatic carbocycles. The standard InChI is InChI=1S/C34H27BN2O/c1-2-9-21-18-23(17-16-20(21)8-1)36-28-19-22-10-3-4-11-24(22)33-31(28)35-30-27(14-7-15-29(30)38-33)37-26-13-6-5-12-25(26)32(36)34(35)37/h5-7,12-19H,1-4,8-11H2. The fourth-order valence-corrected chi connectivity index (χ4v) is 8.33. The maximum absolute atomic E-state index is 6.92.